The van der Waals surface area contributed by atoms with Crippen LogP contribution in [0.2, 0.25) is 0 Å². The van der Waals surface area contributed by atoms with E-state index in [4.69, 9.17) is 10.8 Å². The van der Waals surface area contributed by atoms with Crippen molar-refractivity contribution in [3.63, 3.8) is 0 Å². The van der Waals surface area contributed by atoms with Crippen molar-refractivity contribution in [3.05, 3.63) is 36.0 Å². The van der Waals surface area contributed by atoms with E-state index in [1.807, 2.05) is 24.3 Å². The summed E-state index contributed by atoms with van der Waals surface area (Å²) in [5.74, 6) is -0.825. The zero-order valence-corrected chi connectivity index (χ0v) is 11.5. The summed E-state index contributed by atoms with van der Waals surface area (Å²) in [5.41, 5.74) is 5.08. The van der Waals surface area contributed by atoms with Crippen molar-refractivity contribution < 1.29 is 14.7 Å². The Morgan fingerprint density at radius 1 is 1.24 bits per heavy atom. The lowest BCUT2D eigenvalue weighted by molar-refractivity contribution is -0.118. The van der Waals surface area contributed by atoms with Crippen molar-refractivity contribution in [2.45, 2.75) is 19.3 Å². The second-order valence-corrected chi connectivity index (χ2v) is 4.73. The van der Waals surface area contributed by atoms with Crippen LogP contribution >= 0.6 is 0 Å². The van der Waals surface area contributed by atoms with Crippen molar-refractivity contribution >= 4 is 28.5 Å². The fourth-order valence-electron chi connectivity index (χ4n) is 2.07. The average molecular weight is 287 g/mol. The lowest BCUT2D eigenvalue weighted by Gasteiger charge is -2.10. The molecule has 110 valence electrons. The SMILES string of the molecule is NC(=O)CCCCNc1nc(C(=O)O)cc2ccccc12. The molecule has 0 saturated heterocycles. The quantitative estimate of drug-likeness (QED) is 0.675. The molecule has 0 unspecified atom stereocenters. The number of benzene rings is 1. The Hall–Kier alpha value is -2.63. The van der Waals surface area contributed by atoms with Crippen LogP contribution in [0.25, 0.3) is 10.8 Å². The molecule has 0 radical (unpaired) electrons. The number of aromatic carboxylic acids is 1. The van der Waals surface area contributed by atoms with Crippen molar-refractivity contribution in [2.24, 2.45) is 5.73 Å². The fraction of sp³-hybridized carbons (Fsp3) is 0.267. The number of carboxylic acids is 1. The van der Waals surface area contributed by atoms with Gasteiger partial charge in [-0.15, -0.1) is 0 Å². The van der Waals surface area contributed by atoms with E-state index in [9.17, 15) is 9.59 Å². The number of nitrogens with one attached hydrogen (secondary N) is 1. The first-order valence-electron chi connectivity index (χ1n) is 6.73. The number of fused-ring (bicyclic) bond motifs is 1. The zero-order chi connectivity index (χ0) is 15.2. The third-order valence-electron chi connectivity index (χ3n) is 3.10. The van der Waals surface area contributed by atoms with Crippen molar-refractivity contribution in [3.8, 4) is 0 Å². The number of unbranched alkanes of at least 4 members (excludes halogenated alkanes) is 1. The maximum absolute atomic E-state index is 11.1. The van der Waals surface area contributed by atoms with Crippen LogP contribution in [0, 0.1) is 0 Å². The Morgan fingerprint density at radius 2 is 2.00 bits per heavy atom. The number of primary amides is 1. The smallest absolute Gasteiger partial charge is 0.354 e. The summed E-state index contributed by atoms with van der Waals surface area (Å²) in [6.07, 6.45) is 1.81. The second kappa shape index (κ2) is 6.69. The number of aromatic nitrogens is 1. The highest BCUT2D eigenvalue weighted by Crippen LogP contribution is 2.22. The number of carboxylic acid groups (broad SMARTS) is 1. The third kappa shape index (κ3) is 3.92. The molecule has 1 aromatic carbocycles. The number of carbonyl (C=O) groups excluding carboxylic acids is 1. The topological polar surface area (TPSA) is 105 Å². The predicted octanol–water partition coefficient (Wildman–Crippen LogP) is 2.00. The Bertz CT molecular complexity index is 670. The molecule has 1 aromatic heterocycles. The molecule has 0 spiro atoms. The van der Waals surface area contributed by atoms with Gasteiger partial charge in [-0.2, -0.15) is 0 Å². The first-order valence-corrected chi connectivity index (χ1v) is 6.73. The van der Waals surface area contributed by atoms with E-state index < -0.39 is 5.97 Å². The number of carbonyl (C=O) groups is 2. The Morgan fingerprint density at radius 3 is 2.71 bits per heavy atom. The minimum Gasteiger partial charge on any atom is -0.477 e. The number of rotatable bonds is 7. The van der Waals surface area contributed by atoms with Gasteiger partial charge in [0.1, 0.15) is 5.82 Å². The van der Waals surface area contributed by atoms with Crippen molar-refractivity contribution in [1.82, 2.24) is 4.98 Å². The number of anilines is 1. The van der Waals surface area contributed by atoms with Crippen LogP contribution in [0.3, 0.4) is 0 Å². The molecule has 0 aliphatic heterocycles. The summed E-state index contributed by atoms with van der Waals surface area (Å²) >= 11 is 0. The summed E-state index contributed by atoms with van der Waals surface area (Å²) in [6.45, 7) is 0.605. The molecule has 21 heavy (non-hydrogen) atoms. The summed E-state index contributed by atoms with van der Waals surface area (Å²) in [6, 6.07) is 9.02. The molecular formula is C15H17N3O3. The lowest BCUT2D eigenvalue weighted by Crippen LogP contribution is -2.11. The maximum Gasteiger partial charge on any atom is 0.354 e. The molecule has 0 aliphatic rings. The van der Waals surface area contributed by atoms with E-state index in [2.05, 4.69) is 10.3 Å². The van der Waals surface area contributed by atoms with Crippen LogP contribution in [0.5, 0.6) is 0 Å². The minimum absolute atomic E-state index is 0.00772. The molecule has 2 aromatic rings. The zero-order valence-electron chi connectivity index (χ0n) is 11.5. The summed E-state index contributed by atoms with van der Waals surface area (Å²) < 4.78 is 0. The molecule has 6 nitrogen and oxygen atoms in total. The normalized spacial score (nSPS) is 10.5. The highest BCUT2D eigenvalue weighted by molar-refractivity contribution is 5.97. The van der Waals surface area contributed by atoms with Crippen molar-refractivity contribution in [1.29, 1.82) is 0 Å². The Kier molecular flexibility index (Phi) is 4.71. The second-order valence-electron chi connectivity index (χ2n) is 4.73. The van der Waals surface area contributed by atoms with Gasteiger partial charge in [-0.1, -0.05) is 24.3 Å². The Labute approximate surface area is 122 Å². The van der Waals surface area contributed by atoms with Crippen LogP contribution in [0.4, 0.5) is 5.82 Å². The molecule has 6 heteroatoms. The number of hydrogen-bond donors (Lipinski definition) is 3. The minimum atomic E-state index is -1.06. The molecule has 2 rings (SSSR count). The highest BCUT2D eigenvalue weighted by atomic mass is 16.4. The molecule has 0 aliphatic carbocycles. The van der Waals surface area contributed by atoms with Gasteiger partial charge in [0.15, 0.2) is 5.69 Å². The monoisotopic (exact) mass is 287 g/mol. The first kappa shape index (κ1) is 14.8. The number of nitrogens with two attached hydrogens (primary N) is 1. The molecule has 4 N–H and O–H groups in total. The fourth-order valence-corrected chi connectivity index (χ4v) is 2.07. The van der Waals surface area contributed by atoms with Gasteiger partial charge in [0, 0.05) is 18.4 Å². The molecule has 0 fully saturated rings. The third-order valence-corrected chi connectivity index (χ3v) is 3.10. The standard InChI is InChI=1S/C15H17N3O3/c16-13(19)7-3-4-8-17-14-11-6-2-1-5-10(11)9-12(18-14)15(20)21/h1-2,5-6,9H,3-4,7-8H2,(H2,16,19)(H,17,18)(H,20,21). The summed E-state index contributed by atoms with van der Waals surface area (Å²) in [5, 5.41) is 13.9. The van der Waals surface area contributed by atoms with Crippen LogP contribution in [-0.4, -0.2) is 28.5 Å². The number of pyridine rings is 1. The Balaban J connectivity index is 2.13. The molecule has 0 bridgehead atoms. The van der Waals surface area contributed by atoms with Crippen LogP contribution in [0.15, 0.2) is 30.3 Å². The van der Waals surface area contributed by atoms with E-state index in [1.54, 1.807) is 6.07 Å². The van der Waals surface area contributed by atoms with Gasteiger partial charge in [-0.3, -0.25) is 4.79 Å². The van der Waals surface area contributed by atoms with E-state index in [-0.39, 0.29) is 11.6 Å². The lowest BCUT2D eigenvalue weighted by atomic mass is 10.1. The summed E-state index contributed by atoms with van der Waals surface area (Å²) in [7, 11) is 0. The van der Waals surface area contributed by atoms with Gasteiger partial charge in [-0.05, 0) is 24.3 Å². The van der Waals surface area contributed by atoms with E-state index >= 15 is 0 Å². The van der Waals surface area contributed by atoms with Crippen LogP contribution < -0.4 is 11.1 Å². The molecule has 1 heterocycles. The maximum atomic E-state index is 11.1. The van der Waals surface area contributed by atoms with E-state index in [1.165, 1.54) is 0 Å². The van der Waals surface area contributed by atoms with E-state index in [0.717, 1.165) is 17.2 Å². The number of hydrogen-bond acceptors (Lipinski definition) is 4. The summed E-state index contributed by atoms with van der Waals surface area (Å²) in [4.78, 5) is 25.9. The van der Waals surface area contributed by atoms with E-state index in [0.29, 0.717) is 25.2 Å². The largest absolute Gasteiger partial charge is 0.477 e. The highest BCUT2D eigenvalue weighted by Gasteiger charge is 2.10. The van der Waals surface area contributed by atoms with Crippen LogP contribution in [0.1, 0.15) is 29.8 Å². The van der Waals surface area contributed by atoms with Gasteiger partial charge in [0.05, 0.1) is 0 Å². The number of nitrogens with zero attached hydrogens (tertiary/aromatic N) is 1. The van der Waals surface area contributed by atoms with Gasteiger partial charge < -0.3 is 16.2 Å². The molecule has 0 saturated carbocycles. The van der Waals surface area contributed by atoms with Gasteiger partial charge in [-0.25, -0.2) is 9.78 Å². The predicted molar refractivity (Wildman–Crippen MR) is 80.2 cm³/mol. The van der Waals surface area contributed by atoms with Crippen LogP contribution in [-0.2, 0) is 4.79 Å². The average Bonchev–Trinajstić information content (AvgIpc) is 2.46. The van der Waals surface area contributed by atoms with Gasteiger partial charge in [0.25, 0.3) is 0 Å². The van der Waals surface area contributed by atoms with Gasteiger partial charge >= 0.3 is 5.97 Å². The van der Waals surface area contributed by atoms with Gasteiger partial charge in [0.2, 0.25) is 5.91 Å². The molecule has 0 atom stereocenters. The number of amides is 1. The molecular weight excluding hydrogens is 270 g/mol. The molecule has 1 amide bonds. The van der Waals surface area contributed by atoms with Crippen molar-refractivity contribution in [2.75, 3.05) is 11.9 Å². The first-order chi connectivity index (χ1) is 10.1.